The number of hydrogen-bond acceptors (Lipinski definition) is 2. The van der Waals surface area contributed by atoms with Gasteiger partial charge >= 0.3 is 5.97 Å². The van der Waals surface area contributed by atoms with Crippen molar-refractivity contribution in [1.82, 2.24) is 0 Å². The monoisotopic (exact) mass is 248 g/mol. The van der Waals surface area contributed by atoms with Crippen LogP contribution in [0.3, 0.4) is 0 Å². The number of carboxylic acids is 1. The van der Waals surface area contributed by atoms with Crippen molar-refractivity contribution in [2.75, 3.05) is 0 Å². The Hall–Kier alpha value is -1.68. The molecule has 2 rings (SSSR count). The molecule has 0 fully saturated rings. The zero-order valence-electron chi connectivity index (χ0n) is 9.29. The van der Waals surface area contributed by atoms with E-state index in [-0.39, 0.29) is 0 Å². The lowest BCUT2D eigenvalue weighted by Crippen LogP contribution is -2.14. The molecular formula is C13H12O3S. The molecule has 0 spiro atoms. The number of allylic oxidation sites excluding steroid dienone is 2. The molecule has 1 N–H and O–H groups in total. The van der Waals surface area contributed by atoms with Gasteiger partial charge < -0.3 is 5.11 Å². The van der Waals surface area contributed by atoms with E-state index in [4.69, 9.17) is 5.11 Å². The van der Waals surface area contributed by atoms with Crippen molar-refractivity contribution in [3.8, 4) is 0 Å². The summed E-state index contributed by atoms with van der Waals surface area (Å²) in [5, 5.41) is 9.00. The Labute approximate surface area is 102 Å². The lowest BCUT2D eigenvalue weighted by molar-refractivity contribution is -0.138. The molecule has 2 unspecified atom stereocenters. The minimum atomic E-state index is -1.40. The molecule has 1 aromatic rings. The van der Waals surface area contributed by atoms with Crippen LogP contribution < -0.4 is 0 Å². The van der Waals surface area contributed by atoms with Crippen LogP contribution in [-0.4, -0.2) is 15.3 Å². The number of carbonyl (C=O) groups is 1. The van der Waals surface area contributed by atoms with Crippen LogP contribution in [0.5, 0.6) is 0 Å². The van der Waals surface area contributed by atoms with Crippen LogP contribution in [0.1, 0.15) is 5.56 Å². The van der Waals surface area contributed by atoms with Crippen LogP contribution in [0, 0.1) is 12.8 Å². The third-order valence-corrected chi connectivity index (χ3v) is 4.10. The number of aryl methyl sites for hydroxylation is 1. The summed E-state index contributed by atoms with van der Waals surface area (Å²) >= 11 is 0. The maximum Gasteiger partial charge on any atom is 0.315 e. The van der Waals surface area contributed by atoms with Crippen LogP contribution >= 0.6 is 0 Å². The Morgan fingerprint density at radius 3 is 2.53 bits per heavy atom. The number of carboxylic acid groups (broad SMARTS) is 1. The first-order valence-electron chi connectivity index (χ1n) is 5.19. The summed E-state index contributed by atoms with van der Waals surface area (Å²) in [5.74, 6) is -1.73. The van der Waals surface area contributed by atoms with Gasteiger partial charge in [0.25, 0.3) is 0 Å². The van der Waals surface area contributed by atoms with Gasteiger partial charge in [-0.3, -0.25) is 4.79 Å². The predicted molar refractivity (Wildman–Crippen MR) is 65.9 cm³/mol. The van der Waals surface area contributed by atoms with E-state index >= 15 is 0 Å². The highest BCUT2D eigenvalue weighted by atomic mass is 32.2. The minimum Gasteiger partial charge on any atom is -0.481 e. The standard InChI is InChI=1S/C13H12O3S/c1-9-5-7-10(8-6-9)17(16)12-4-2-3-11(12)13(14)15/h2-8,11H,1H3,(H,14,15). The molecule has 0 saturated carbocycles. The quantitative estimate of drug-likeness (QED) is 0.892. The molecule has 3 nitrogen and oxygen atoms in total. The summed E-state index contributed by atoms with van der Waals surface area (Å²) < 4.78 is 12.2. The van der Waals surface area contributed by atoms with Gasteiger partial charge in [-0.15, -0.1) is 0 Å². The second-order valence-electron chi connectivity index (χ2n) is 3.85. The van der Waals surface area contributed by atoms with Crippen molar-refractivity contribution in [2.45, 2.75) is 11.8 Å². The van der Waals surface area contributed by atoms with Crippen molar-refractivity contribution in [2.24, 2.45) is 5.92 Å². The predicted octanol–water partition coefficient (Wildman–Crippen LogP) is 2.26. The summed E-state index contributed by atoms with van der Waals surface area (Å²) in [6.07, 6.45) is 4.80. The Kier molecular flexibility index (Phi) is 3.24. The van der Waals surface area contributed by atoms with E-state index in [0.717, 1.165) is 5.56 Å². The smallest absolute Gasteiger partial charge is 0.315 e. The van der Waals surface area contributed by atoms with E-state index in [9.17, 15) is 9.00 Å². The number of rotatable bonds is 3. The van der Waals surface area contributed by atoms with Crippen molar-refractivity contribution >= 4 is 16.8 Å². The fraction of sp³-hybridized carbons (Fsp3) is 0.154. The van der Waals surface area contributed by atoms with Crippen molar-refractivity contribution in [3.05, 3.63) is 53.0 Å². The van der Waals surface area contributed by atoms with Gasteiger partial charge in [-0.05, 0) is 25.1 Å². The third kappa shape index (κ3) is 2.36. The fourth-order valence-electron chi connectivity index (χ4n) is 1.64. The van der Waals surface area contributed by atoms with E-state index in [1.54, 1.807) is 30.4 Å². The van der Waals surface area contributed by atoms with E-state index < -0.39 is 22.7 Å². The molecule has 17 heavy (non-hydrogen) atoms. The molecule has 0 aliphatic heterocycles. The molecule has 0 aromatic heterocycles. The number of aliphatic carboxylic acids is 1. The van der Waals surface area contributed by atoms with E-state index in [1.165, 1.54) is 0 Å². The Morgan fingerprint density at radius 1 is 1.29 bits per heavy atom. The lowest BCUT2D eigenvalue weighted by atomic mass is 10.2. The summed E-state index contributed by atoms with van der Waals surface area (Å²) in [7, 11) is -1.40. The third-order valence-electron chi connectivity index (χ3n) is 2.59. The summed E-state index contributed by atoms with van der Waals surface area (Å²) in [6, 6.07) is 7.27. The second-order valence-corrected chi connectivity index (χ2v) is 5.33. The molecule has 1 aliphatic carbocycles. The van der Waals surface area contributed by atoms with Gasteiger partial charge in [0.2, 0.25) is 0 Å². The topological polar surface area (TPSA) is 54.4 Å². The van der Waals surface area contributed by atoms with Gasteiger partial charge in [0.15, 0.2) is 0 Å². The highest BCUT2D eigenvalue weighted by Gasteiger charge is 2.27. The van der Waals surface area contributed by atoms with Gasteiger partial charge in [0.1, 0.15) is 5.92 Å². The van der Waals surface area contributed by atoms with Gasteiger partial charge in [0, 0.05) is 9.80 Å². The van der Waals surface area contributed by atoms with Gasteiger partial charge in [-0.1, -0.05) is 29.8 Å². The average molecular weight is 248 g/mol. The Bertz CT molecular complexity index is 526. The van der Waals surface area contributed by atoms with Gasteiger partial charge in [-0.25, -0.2) is 4.21 Å². The van der Waals surface area contributed by atoms with Gasteiger partial charge in [-0.2, -0.15) is 0 Å². The maximum atomic E-state index is 12.2. The molecular weight excluding hydrogens is 236 g/mol. The fourth-order valence-corrected chi connectivity index (χ4v) is 2.91. The highest BCUT2D eigenvalue weighted by Crippen LogP contribution is 2.27. The van der Waals surface area contributed by atoms with Crippen molar-refractivity contribution < 1.29 is 14.1 Å². The summed E-state index contributed by atoms with van der Waals surface area (Å²) in [6.45, 7) is 1.95. The zero-order valence-corrected chi connectivity index (χ0v) is 10.1. The maximum absolute atomic E-state index is 12.2. The molecule has 1 aromatic carbocycles. The minimum absolute atomic E-state index is 0.432. The Balaban J connectivity index is 2.27. The first-order valence-corrected chi connectivity index (χ1v) is 6.34. The first-order chi connectivity index (χ1) is 8.09. The molecule has 0 heterocycles. The first kappa shape index (κ1) is 11.8. The number of hydrogen-bond donors (Lipinski definition) is 1. The molecule has 0 saturated heterocycles. The average Bonchev–Trinajstić information content (AvgIpc) is 2.78. The molecule has 0 radical (unpaired) electrons. The van der Waals surface area contributed by atoms with E-state index in [0.29, 0.717) is 9.80 Å². The molecule has 1 aliphatic rings. The SMILES string of the molecule is Cc1ccc(S(=O)C2=CC=CC2C(=O)O)cc1. The summed E-state index contributed by atoms with van der Waals surface area (Å²) in [4.78, 5) is 12.0. The molecule has 0 amide bonds. The van der Waals surface area contributed by atoms with Crippen LogP contribution in [0.15, 0.2) is 52.3 Å². The van der Waals surface area contributed by atoms with E-state index in [2.05, 4.69) is 0 Å². The van der Waals surface area contributed by atoms with E-state index in [1.807, 2.05) is 19.1 Å². The number of benzene rings is 1. The molecule has 4 heteroatoms. The molecule has 0 bridgehead atoms. The highest BCUT2D eigenvalue weighted by molar-refractivity contribution is 7.89. The second kappa shape index (κ2) is 4.67. The Morgan fingerprint density at radius 2 is 1.94 bits per heavy atom. The van der Waals surface area contributed by atoms with Crippen molar-refractivity contribution in [1.29, 1.82) is 0 Å². The van der Waals surface area contributed by atoms with Crippen LogP contribution in [0.4, 0.5) is 0 Å². The largest absolute Gasteiger partial charge is 0.481 e. The lowest BCUT2D eigenvalue weighted by Gasteiger charge is -2.09. The normalized spacial score (nSPS) is 20.1. The summed E-state index contributed by atoms with van der Waals surface area (Å²) in [5.41, 5.74) is 1.08. The molecule has 88 valence electrons. The molecule has 2 atom stereocenters. The van der Waals surface area contributed by atoms with Gasteiger partial charge in [0.05, 0.1) is 10.8 Å². The van der Waals surface area contributed by atoms with Crippen LogP contribution in [-0.2, 0) is 15.6 Å². The zero-order chi connectivity index (χ0) is 12.4. The van der Waals surface area contributed by atoms with Crippen LogP contribution in [0.2, 0.25) is 0 Å². The van der Waals surface area contributed by atoms with Crippen molar-refractivity contribution in [3.63, 3.8) is 0 Å². The van der Waals surface area contributed by atoms with Crippen LogP contribution in [0.25, 0.3) is 0 Å².